The number of alkyl halides is 3. The van der Waals surface area contributed by atoms with Crippen LogP contribution in [0.25, 0.3) is 22.2 Å². The summed E-state index contributed by atoms with van der Waals surface area (Å²) in [5, 5.41) is 4.19. The molecule has 2 aromatic heterocycles. The van der Waals surface area contributed by atoms with Crippen molar-refractivity contribution in [3.05, 3.63) is 78.0 Å². The Morgan fingerprint density at radius 3 is 2.34 bits per heavy atom. The van der Waals surface area contributed by atoms with E-state index in [0.717, 1.165) is 29.2 Å². The topological polar surface area (TPSA) is 47.0 Å². The lowest BCUT2D eigenvalue weighted by molar-refractivity contribution is -0.137. The van der Waals surface area contributed by atoms with E-state index in [4.69, 9.17) is 4.74 Å². The molecule has 7 heteroatoms. The summed E-state index contributed by atoms with van der Waals surface area (Å²) in [5.74, 6) is 0.405. The summed E-state index contributed by atoms with van der Waals surface area (Å²) >= 11 is 0. The maximum absolute atomic E-state index is 13.6. The van der Waals surface area contributed by atoms with Gasteiger partial charge in [-0.15, -0.1) is 0 Å². The van der Waals surface area contributed by atoms with Gasteiger partial charge in [0.05, 0.1) is 29.1 Å². The molecule has 1 N–H and O–H groups in total. The van der Waals surface area contributed by atoms with Crippen LogP contribution in [0, 0.1) is 0 Å². The van der Waals surface area contributed by atoms with Gasteiger partial charge in [-0.2, -0.15) is 13.2 Å². The minimum Gasteiger partial charge on any atom is -0.478 e. The molecule has 2 aromatic carbocycles. The van der Waals surface area contributed by atoms with Crippen LogP contribution >= 0.6 is 0 Å². The van der Waals surface area contributed by atoms with Crippen molar-refractivity contribution in [3.8, 4) is 17.1 Å². The van der Waals surface area contributed by atoms with Crippen molar-refractivity contribution in [2.24, 2.45) is 0 Å². The average molecular weight is 480 g/mol. The molecule has 0 aliphatic carbocycles. The molecule has 4 rings (SSSR count). The number of nitrogens with zero attached hydrogens (tertiary/aromatic N) is 2. The Morgan fingerprint density at radius 1 is 0.943 bits per heavy atom. The van der Waals surface area contributed by atoms with Gasteiger partial charge in [0.15, 0.2) is 0 Å². The summed E-state index contributed by atoms with van der Waals surface area (Å²) in [4.78, 5) is 8.59. The van der Waals surface area contributed by atoms with Crippen LogP contribution in [0.5, 0.6) is 5.88 Å². The number of aromatic nitrogens is 2. The number of anilines is 2. The van der Waals surface area contributed by atoms with Crippen molar-refractivity contribution in [3.63, 3.8) is 0 Å². The van der Waals surface area contributed by atoms with Gasteiger partial charge >= 0.3 is 6.18 Å². The maximum Gasteiger partial charge on any atom is 0.418 e. The second kappa shape index (κ2) is 9.56. The van der Waals surface area contributed by atoms with Crippen LogP contribution in [0.1, 0.15) is 45.2 Å². The molecule has 4 nitrogen and oxygen atoms in total. The minimum absolute atomic E-state index is 0.0419. The highest BCUT2D eigenvalue weighted by atomic mass is 19.4. The first-order valence-electron chi connectivity index (χ1n) is 11.5. The number of fused-ring (bicyclic) bond motifs is 1. The zero-order valence-corrected chi connectivity index (χ0v) is 20.2. The highest BCUT2D eigenvalue weighted by Crippen LogP contribution is 2.38. The van der Waals surface area contributed by atoms with E-state index in [1.54, 1.807) is 18.2 Å². The maximum atomic E-state index is 13.6. The van der Waals surface area contributed by atoms with Gasteiger partial charge < -0.3 is 10.1 Å². The SMILES string of the molecule is CCCOc1cc(Nc2ccc(C(C)(C)C)cc2)c2ccc(-c3ncccc3C(F)(F)F)cc2n1. The van der Waals surface area contributed by atoms with Crippen molar-refractivity contribution in [2.45, 2.75) is 45.7 Å². The van der Waals surface area contributed by atoms with Gasteiger partial charge in [-0.3, -0.25) is 4.98 Å². The Hall–Kier alpha value is -3.61. The average Bonchev–Trinajstić information content (AvgIpc) is 2.81. The van der Waals surface area contributed by atoms with Crippen LogP contribution in [0.15, 0.2) is 66.9 Å². The fourth-order valence-corrected chi connectivity index (χ4v) is 3.81. The molecule has 0 saturated carbocycles. The zero-order valence-electron chi connectivity index (χ0n) is 20.2. The molecule has 0 aliphatic heterocycles. The molecule has 2 heterocycles. The molecule has 0 unspecified atom stereocenters. The Bertz CT molecular complexity index is 1330. The van der Waals surface area contributed by atoms with Crippen LogP contribution in [-0.4, -0.2) is 16.6 Å². The summed E-state index contributed by atoms with van der Waals surface area (Å²) in [6, 6.07) is 17.4. The number of hydrogen-bond donors (Lipinski definition) is 1. The quantitative estimate of drug-likeness (QED) is 0.303. The highest BCUT2D eigenvalue weighted by Gasteiger charge is 2.34. The Morgan fingerprint density at radius 2 is 1.69 bits per heavy atom. The number of halogens is 3. The van der Waals surface area contributed by atoms with Crippen LogP contribution in [0.4, 0.5) is 24.5 Å². The van der Waals surface area contributed by atoms with E-state index in [2.05, 4.69) is 48.2 Å². The van der Waals surface area contributed by atoms with E-state index in [9.17, 15) is 13.2 Å². The smallest absolute Gasteiger partial charge is 0.418 e. The van der Waals surface area contributed by atoms with Crippen LogP contribution < -0.4 is 10.1 Å². The van der Waals surface area contributed by atoms with Crippen molar-refractivity contribution >= 4 is 22.3 Å². The molecule has 0 spiro atoms. The lowest BCUT2D eigenvalue weighted by Gasteiger charge is -2.19. The summed E-state index contributed by atoms with van der Waals surface area (Å²) in [6.07, 6.45) is -2.35. The molecule has 35 heavy (non-hydrogen) atoms. The van der Waals surface area contributed by atoms with Gasteiger partial charge in [0.1, 0.15) is 0 Å². The van der Waals surface area contributed by atoms with E-state index in [-0.39, 0.29) is 11.1 Å². The molecule has 4 aromatic rings. The number of benzene rings is 2. The first-order chi connectivity index (χ1) is 16.6. The molecular formula is C28H28F3N3O. The van der Waals surface area contributed by atoms with Crippen molar-refractivity contribution in [1.29, 1.82) is 0 Å². The van der Waals surface area contributed by atoms with E-state index in [1.807, 2.05) is 25.1 Å². The molecule has 0 aliphatic rings. The van der Waals surface area contributed by atoms with Gasteiger partial charge in [0, 0.05) is 28.9 Å². The first-order valence-corrected chi connectivity index (χ1v) is 11.5. The lowest BCUT2D eigenvalue weighted by atomic mass is 9.87. The molecule has 0 saturated heterocycles. The van der Waals surface area contributed by atoms with Gasteiger partial charge in [-0.25, -0.2) is 4.98 Å². The highest BCUT2D eigenvalue weighted by molar-refractivity contribution is 5.96. The standard InChI is InChI=1S/C28H28F3N3O/c1-5-15-35-25-17-24(33-20-11-9-19(10-12-20)27(2,3)4)21-13-8-18(16-23(21)34-25)26-22(28(29,30)31)7-6-14-32-26/h6-14,16-17H,5,15H2,1-4H3,(H,33,34). The van der Waals surface area contributed by atoms with Gasteiger partial charge in [0.2, 0.25) is 5.88 Å². The van der Waals surface area contributed by atoms with E-state index in [0.29, 0.717) is 23.6 Å². The fourth-order valence-electron chi connectivity index (χ4n) is 3.81. The minimum atomic E-state index is -4.51. The Kier molecular flexibility index (Phi) is 6.70. The van der Waals surface area contributed by atoms with Crippen LogP contribution in [0.3, 0.4) is 0 Å². The predicted molar refractivity (Wildman–Crippen MR) is 134 cm³/mol. The molecule has 0 radical (unpaired) electrons. The predicted octanol–water partition coefficient (Wildman–Crippen LogP) is 8.15. The Labute approximate surface area is 203 Å². The summed E-state index contributed by atoms with van der Waals surface area (Å²) in [6.45, 7) is 8.96. The van der Waals surface area contributed by atoms with Crippen molar-refractivity contribution in [2.75, 3.05) is 11.9 Å². The van der Waals surface area contributed by atoms with E-state index < -0.39 is 11.7 Å². The van der Waals surface area contributed by atoms with Crippen LogP contribution in [-0.2, 0) is 11.6 Å². The number of ether oxygens (including phenoxy) is 1. The molecule has 0 atom stereocenters. The summed E-state index contributed by atoms with van der Waals surface area (Å²) in [5.41, 5.74) is 2.85. The molecule has 0 bridgehead atoms. The van der Waals surface area contributed by atoms with Crippen molar-refractivity contribution in [1.82, 2.24) is 9.97 Å². The van der Waals surface area contributed by atoms with E-state index in [1.165, 1.54) is 17.8 Å². The number of rotatable bonds is 6. The zero-order chi connectivity index (χ0) is 25.2. The monoisotopic (exact) mass is 479 g/mol. The second-order valence-electron chi connectivity index (χ2n) is 9.44. The number of pyridine rings is 2. The molecule has 182 valence electrons. The first kappa shape index (κ1) is 24.5. The third-order valence-corrected chi connectivity index (χ3v) is 5.66. The number of hydrogen-bond acceptors (Lipinski definition) is 4. The number of nitrogens with one attached hydrogen (secondary N) is 1. The molecular weight excluding hydrogens is 451 g/mol. The third kappa shape index (κ3) is 5.56. The second-order valence-corrected chi connectivity index (χ2v) is 9.44. The van der Waals surface area contributed by atoms with Crippen molar-refractivity contribution < 1.29 is 17.9 Å². The third-order valence-electron chi connectivity index (χ3n) is 5.66. The van der Waals surface area contributed by atoms with Gasteiger partial charge in [0.25, 0.3) is 0 Å². The Balaban J connectivity index is 1.78. The molecule has 0 fully saturated rings. The normalized spacial score (nSPS) is 12.1. The fraction of sp³-hybridized carbons (Fsp3) is 0.286. The summed E-state index contributed by atoms with van der Waals surface area (Å²) in [7, 11) is 0. The van der Waals surface area contributed by atoms with E-state index >= 15 is 0 Å². The molecule has 0 amide bonds. The van der Waals surface area contributed by atoms with Crippen LogP contribution in [0.2, 0.25) is 0 Å². The lowest BCUT2D eigenvalue weighted by Crippen LogP contribution is -2.10. The summed E-state index contributed by atoms with van der Waals surface area (Å²) < 4.78 is 46.5. The van der Waals surface area contributed by atoms with Gasteiger partial charge in [-0.05, 0) is 47.7 Å². The largest absolute Gasteiger partial charge is 0.478 e. The van der Waals surface area contributed by atoms with Gasteiger partial charge in [-0.1, -0.05) is 52.0 Å².